The number of amides is 1. The Morgan fingerprint density at radius 3 is 2.50 bits per heavy atom. The summed E-state index contributed by atoms with van der Waals surface area (Å²) in [5, 5.41) is 2.80. The smallest absolute Gasteiger partial charge is 0.269 e. The summed E-state index contributed by atoms with van der Waals surface area (Å²) in [6, 6.07) is 19.8. The molecule has 0 aliphatic rings. The van der Waals surface area contributed by atoms with E-state index >= 15 is 0 Å². The Hall–Kier alpha value is -3.01. The third kappa shape index (κ3) is 4.04. The first-order valence-corrected chi connectivity index (χ1v) is 7.76. The molecule has 0 aliphatic carbocycles. The Kier molecular flexibility index (Phi) is 4.96. The van der Waals surface area contributed by atoms with Gasteiger partial charge in [0, 0.05) is 18.3 Å². The van der Waals surface area contributed by atoms with Crippen LogP contribution < -0.4 is 5.32 Å². The molecule has 0 spiro atoms. The molecule has 0 saturated heterocycles. The Morgan fingerprint density at radius 1 is 0.958 bits per heavy atom. The van der Waals surface area contributed by atoms with Crippen molar-refractivity contribution in [3.8, 4) is 11.1 Å². The molecule has 0 fully saturated rings. The number of halogens is 1. The lowest BCUT2D eigenvalue weighted by Crippen LogP contribution is -2.26. The molecule has 1 aromatic heterocycles. The number of carbonyl (C=O) groups excluding carboxylic acids is 1. The van der Waals surface area contributed by atoms with Crippen LogP contribution in [0.4, 0.5) is 4.39 Å². The van der Waals surface area contributed by atoms with Crippen LogP contribution in [-0.4, -0.2) is 17.4 Å². The summed E-state index contributed by atoms with van der Waals surface area (Å²) in [4.78, 5) is 16.3. The SMILES string of the molecule is O=C(NCCc1cccc(F)c1)c1ccc(-c2ccccc2)cn1. The van der Waals surface area contributed by atoms with Crippen molar-refractivity contribution in [2.24, 2.45) is 0 Å². The predicted molar refractivity (Wildman–Crippen MR) is 92.1 cm³/mol. The van der Waals surface area contributed by atoms with Crippen LogP contribution in [-0.2, 0) is 6.42 Å². The molecule has 1 heterocycles. The molecule has 120 valence electrons. The van der Waals surface area contributed by atoms with Gasteiger partial charge in [0.1, 0.15) is 11.5 Å². The van der Waals surface area contributed by atoms with Gasteiger partial charge in [0.05, 0.1) is 0 Å². The van der Waals surface area contributed by atoms with Crippen LogP contribution in [0.15, 0.2) is 72.9 Å². The molecule has 4 heteroatoms. The van der Waals surface area contributed by atoms with Crippen LogP contribution in [0.25, 0.3) is 11.1 Å². The fourth-order valence-electron chi connectivity index (χ4n) is 2.43. The van der Waals surface area contributed by atoms with Gasteiger partial charge in [0.2, 0.25) is 0 Å². The first-order chi connectivity index (χ1) is 11.7. The molecule has 3 nitrogen and oxygen atoms in total. The third-order valence-electron chi connectivity index (χ3n) is 3.69. The number of hydrogen-bond donors (Lipinski definition) is 1. The van der Waals surface area contributed by atoms with Gasteiger partial charge in [-0.05, 0) is 35.7 Å². The largest absolute Gasteiger partial charge is 0.350 e. The maximum atomic E-state index is 13.1. The minimum absolute atomic E-state index is 0.231. The van der Waals surface area contributed by atoms with Gasteiger partial charge in [-0.25, -0.2) is 4.39 Å². The average molecular weight is 320 g/mol. The molecule has 24 heavy (non-hydrogen) atoms. The van der Waals surface area contributed by atoms with Gasteiger partial charge in [-0.2, -0.15) is 0 Å². The molecular formula is C20H17FN2O. The van der Waals surface area contributed by atoms with E-state index in [1.165, 1.54) is 12.1 Å². The van der Waals surface area contributed by atoms with E-state index in [0.717, 1.165) is 16.7 Å². The second-order valence-corrected chi connectivity index (χ2v) is 5.43. The van der Waals surface area contributed by atoms with E-state index < -0.39 is 0 Å². The minimum Gasteiger partial charge on any atom is -0.350 e. The molecule has 0 aliphatic heterocycles. The van der Waals surface area contributed by atoms with Gasteiger partial charge < -0.3 is 5.32 Å². The summed E-state index contributed by atoms with van der Waals surface area (Å²) in [5.74, 6) is -0.497. The zero-order valence-electron chi connectivity index (χ0n) is 13.1. The molecule has 0 saturated carbocycles. The lowest BCUT2D eigenvalue weighted by molar-refractivity contribution is 0.0949. The highest BCUT2D eigenvalue weighted by Crippen LogP contribution is 2.17. The fourth-order valence-corrected chi connectivity index (χ4v) is 2.43. The molecule has 0 bridgehead atoms. The molecule has 0 atom stereocenters. The monoisotopic (exact) mass is 320 g/mol. The van der Waals surface area contributed by atoms with Crippen LogP contribution >= 0.6 is 0 Å². The topological polar surface area (TPSA) is 42.0 Å². The number of hydrogen-bond acceptors (Lipinski definition) is 2. The fraction of sp³-hybridized carbons (Fsp3) is 0.100. The van der Waals surface area contributed by atoms with Crippen molar-refractivity contribution in [1.29, 1.82) is 0 Å². The van der Waals surface area contributed by atoms with Gasteiger partial charge in [-0.1, -0.05) is 48.5 Å². The predicted octanol–water partition coefficient (Wildman–Crippen LogP) is 3.86. The van der Waals surface area contributed by atoms with Crippen molar-refractivity contribution in [2.45, 2.75) is 6.42 Å². The van der Waals surface area contributed by atoms with Gasteiger partial charge in [-0.15, -0.1) is 0 Å². The van der Waals surface area contributed by atoms with Crippen molar-refractivity contribution in [3.05, 3.63) is 90.0 Å². The standard InChI is InChI=1S/C20H17FN2O/c21-18-8-4-5-15(13-18)11-12-22-20(24)19-10-9-17(14-23-19)16-6-2-1-3-7-16/h1-10,13-14H,11-12H2,(H,22,24). The molecule has 0 radical (unpaired) electrons. The summed E-state index contributed by atoms with van der Waals surface area (Å²) < 4.78 is 13.1. The van der Waals surface area contributed by atoms with Crippen molar-refractivity contribution in [2.75, 3.05) is 6.54 Å². The highest BCUT2D eigenvalue weighted by atomic mass is 19.1. The maximum Gasteiger partial charge on any atom is 0.269 e. The lowest BCUT2D eigenvalue weighted by Gasteiger charge is -2.06. The second-order valence-electron chi connectivity index (χ2n) is 5.43. The summed E-state index contributed by atoms with van der Waals surface area (Å²) >= 11 is 0. The Bertz CT molecular complexity index is 817. The maximum absolute atomic E-state index is 13.1. The number of pyridine rings is 1. The van der Waals surface area contributed by atoms with Gasteiger partial charge in [-0.3, -0.25) is 9.78 Å². The molecule has 3 aromatic rings. The van der Waals surface area contributed by atoms with E-state index in [-0.39, 0.29) is 11.7 Å². The second kappa shape index (κ2) is 7.51. The summed E-state index contributed by atoms with van der Waals surface area (Å²) in [6.07, 6.45) is 2.27. The summed E-state index contributed by atoms with van der Waals surface area (Å²) in [6.45, 7) is 0.435. The Labute approximate surface area is 140 Å². The number of carbonyl (C=O) groups is 1. The van der Waals surface area contributed by atoms with Crippen LogP contribution in [0.3, 0.4) is 0 Å². The number of benzene rings is 2. The quantitative estimate of drug-likeness (QED) is 0.775. The van der Waals surface area contributed by atoms with Crippen molar-refractivity contribution in [3.63, 3.8) is 0 Å². The highest BCUT2D eigenvalue weighted by molar-refractivity contribution is 5.92. The zero-order valence-corrected chi connectivity index (χ0v) is 13.1. The lowest BCUT2D eigenvalue weighted by atomic mass is 10.1. The van der Waals surface area contributed by atoms with E-state index in [4.69, 9.17) is 0 Å². The van der Waals surface area contributed by atoms with Gasteiger partial charge in [0.25, 0.3) is 5.91 Å². The molecule has 1 amide bonds. The highest BCUT2D eigenvalue weighted by Gasteiger charge is 2.07. The number of nitrogens with one attached hydrogen (secondary N) is 1. The first kappa shape index (κ1) is 15.9. The van der Waals surface area contributed by atoms with Crippen molar-refractivity contribution >= 4 is 5.91 Å². The first-order valence-electron chi connectivity index (χ1n) is 7.76. The number of rotatable bonds is 5. The third-order valence-corrected chi connectivity index (χ3v) is 3.69. The van der Waals surface area contributed by atoms with Crippen LogP contribution in [0, 0.1) is 5.82 Å². The summed E-state index contributed by atoms with van der Waals surface area (Å²) in [5.41, 5.74) is 3.24. The van der Waals surface area contributed by atoms with Gasteiger partial charge in [0.15, 0.2) is 0 Å². The Balaban J connectivity index is 1.57. The van der Waals surface area contributed by atoms with Crippen molar-refractivity contribution in [1.82, 2.24) is 10.3 Å². The average Bonchev–Trinajstić information content (AvgIpc) is 2.63. The van der Waals surface area contributed by atoms with Crippen LogP contribution in [0.5, 0.6) is 0 Å². The molecule has 1 N–H and O–H groups in total. The number of aromatic nitrogens is 1. The zero-order chi connectivity index (χ0) is 16.8. The van der Waals surface area contributed by atoms with E-state index in [9.17, 15) is 9.18 Å². The van der Waals surface area contributed by atoms with Crippen LogP contribution in [0.1, 0.15) is 16.1 Å². The van der Waals surface area contributed by atoms with Crippen molar-refractivity contribution < 1.29 is 9.18 Å². The molecule has 0 unspecified atom stereocenters. The summed E-state index contributed by atoms with van der Waals surface area (Å²) in [7, 11) is 0. The Morgan fingerprint density at radius 2 is 1.79 bits per heavy atom. The normalized spacial score (nSPS) is 10.4. The van der Waals surface area contributed by atoms with Crippen LogP contribution in [0.2, 0.25) is 0 Å². The molecule has 2 aromatic carbocycles. The number of nitrogens with zero attached hydrogens (tertiary/aromatic N) is 1. The van der Waals surface area contributed by atoms with E-state index in [2.05, 4.69) is 10.3 Å². The van der Waals surface area contributed by atoms with Gasteiger partial charge >= 0.3 is 0 Å². The molecule has 3 rings (SSSR count). The minimum atomic E-state index is -0.267. The van der Waals surface area contributed by atoms with E-state index in [0.29, 0.717) is 18.7 Å². The molecular weight excluding hydrogens is 303 g/mol. The van der Waals surface area contributed by atoms with E-state index in [1.807, 2.05) is 42.5 Å². The van der Waals surface area contributed by atoms with E-state index in [1.54, 1.807) is 18.3 Å².